The predicted molar refractivity (Wildman–Crippen MR) is 56.1 cm³/mol. The van der Waals surface area contributed by atoms with Crippen molar-refractivity contribution >= 4 is 11.6 Å². The fourth-order valence-electron chi connectivity index (χ4n) is 1.98. The van der Waals surface area contributed by atoms with Crippen molar-refractivity contribution in [2.24, 2.45) is 0 Å². The van der Waals surface area contributed by atoms with Gasteiger partial charge in [-0.25, -0.2) is 13.2 Å². The van der Waals surface area contributed by atoms with E-state index >= 15 is 0 Å². The average molecular weight is 250 g/mol. The first-order valence-corrected chi connectivity index (χ1v) is 5.52. The zero-order valence-electron chi connectivity index (χ0n) is 8.49. The lowest BCUT2D eigenvalue weighted by Gasteiger charge is -2.12. The van der Waals surface area contributed by atoms with Gasteiger partial charge in [0.25, 0.3) is 0 Å². The van der Waals surface area contributed by atoms with Crippen LogP contribution in [0, 0.1) is 17.5 Å². The molecule has 0 amide bonds. The number of benzene rings is 1. The number of nitrogens with one attached hydrogen (secondary N) is 1. The highest BCUT2D eigenvalue weighted by Gasteiger charge is 2.22. The van der Waals surface area contributed by atoms with Gasteiger partial charge in [0.05, 0.1) is 5.02 Å². The van der Waals surface area contributed by atoms with Gasteiger partial charge in [-0.2, -0.15) is 0 Å². The summed E-state index contributed by atoms with van der Waals surface area (Å²) in [5.74, 6) is -3.08. The molecule has 1 aliphatic heterocycles. The van der Waals surface area contributed by atoms with E-state index in [2.05, 4.69) is 5.32 Å². The maximum atomic E-state index is 13.5. The van der Waals surface area contributed by atoms with Crippen molar-refractivity contribution in [1.82, 2.24) is 5.32 Å². The molecule has 1 aromatic rings. The van der Waals surface area contributed by atoms with Crippen molar-refractivity contribution in [3.8, 4) is 0 Å². The van der Waals surface area contributed by atoms with E-state index in [9.17, 15) is 13.2 Å². The van der Waals surface area contributed by atoms with Crippen LogP contribution in [-0.2, 0) is 6.42 Å². The largest absolute Gasteiger partial charge is 0.314 e. The first-order chi connectivity index (χ1) is 7.59. The molecule has 0 aliphatic carbocycles. The summed E-state index contributed by atoms with van der Waals surface area (Å²) in [6.45, 7) is 0.830. The molecule has 1 nitrogen and oxygen atoms in total. The molecule has 1 fully saturated rings. The van der Waals surface area contributed by atoms with Gasteiger partial charge in [0.2, 0.25) is 0 Å². The van der Waals surface area contributed by atoms with Gasteiger partial charge in [-0.15, -0.1) is 0 Å². The van der Waals surface area contributed by atoms with Gasteiger partial charge >= 0.3 is 0 Å². The Labute approximate surface area is 96.6 Å². The topological polar surface area (TPSA) is 12.0 Å². The summed E-state index contributed by atoms with van der Waals surface area (Å²) in [5, 5.41) is 2.73. The fourth-order valence-corrected chi connectivity index (χ4v) is 2.19. The van der Waals surface area contributed by atoms with Gasteiger partial charge in [-0.05, 0) is 31.9 Å². The van der Waals surface area contributed by atoms with E-state index in [0.29, 0.717) is 6.07 Å². The molecule has 0 saturated carbocycles. The Morgan fingerprint density at radius 2 is 2.06 bits per heavy atom. The zero-order chi connectivity index (χ0) is 11.7. The normalized spacial score (nSPS) is 20.4. The van der Waals surface area contributed by atoms with E-state index in [1.165, 1.54) is 0 Å². The highest BCUT2D eigenvalue weighted by atomic mass is 35.5. The molecule has 1 aromatic carbocycles. The average Bonchev–Trinajstić information content (AvgIpc) is 2.74. The third kappa shape index (κ3) is 2.18. The Morgan fingerprint density at radius 1 is 1.31 bits per heavy atom. The van der Waals surface area contributed by atoms with Crippen molar-refractivity contribution in [2.45, 2.75) is 25.3 Å². The standard InChI is InChI=1S/C11H11ClF3N/c12-8-5-9(13)11(15)7(10(8)14)4-6-2-1-3-16-6/h5-6,16H,1-4H2. The molecule has 0 aromatic heterocycles. The first-order valence-electron chi connectivity index (χ1n) is 5.15. The lowest BCUT2D eigenvalue weighted by molar-refractivity contribution is 0.466. The van der Waals surface area contributed by atoms with E-state index < -0.39 is 17.5 Å². The molecule has 1 saturated heterocycles. The van der Waals surface area contributed by atoms with Crippen LogP contribution in [0.1, 0.15) is 18.4 Å². The van der Waals surface area contributed by atoms with E-state index in [4.69, 9.17) is 11.6 Å². The summed E-state index contributed by atoms with van der Waals surface area (Å²) >= 11 is 5.47. The van der Waals surface area contributed by atoms with Crippen molar-refractivity contribution in [3.63, 3.8) is 0 Å². The van der Waals surface area contributed by atoms with E-state index in [1.54, 1.807) is 0 Å². The minimum atomic E-state index is -1.13. The number of hydrogen-bond acceptors (Lipinski definition) is 1. The van der Waals surface area contributed by atoms with Crippen molar-refractivity contribution in [1.29, 1.82) is 0 Å². The summed E-state index contributed by atoms with van der Waals surface area (Å²) in [4.78, 5) is 0. The molecule has 0 bridgehead atoms. The Hall–Kier alpha value is -0.740. The minimum Gasteiger partial charge on any atom is -0.314 e. The van der Waals surface area contributed by atoms with Crippen LogP contribution in [0.25, 0.3) is 0 Å². The molecule has 16 heavy (non-hydrogen) atoms. The van der Waals surface area contributed by atoms with Crippen molar-refractivity contribution in [2.75, 3.05) is 6.54 Å². The third-order valence-corrected chi connectivity index (χ3v) is 3.09. The van der Waals surface area contributed by atoms with Gasteiger partial charge in [-0.3, -0.25) is 0 Å². The Morgan fingerprint density at radius 3 is 2.69 bits per heavy atom. The summed E-state index contributed by atoms with van der Waals surface area (Å²) in [6.07, 6.45) is 1.94. The van der Waals surface area contributed by atoms with Gasteiger partial charge in [0.1, 0.15) is 5.82 Å². The molecular weight excluding hydrogens is 239 g/mol. The second-order valence-electron chi connectivity index (χ2n) is 3.94. The van der Waals surface area contributed by atoms with Gasteiger partial charge in [0, 0.05) is 11.6 Å². The molecule has 1 unspecified atom stereocenters. The smallest absolute Gasteiger partial charge is 0.165 e. The molecular formula is C11H11ClF3N. The van der Waals surface area contributed by atoms with Crippen LogP contribution in [0.5, 0.6) is 0 Å². The van der Waals surface area contributed by atoms with Crippen molar-refractivity contribution < 1.29 is 13.2 Å². The summed E-state index contributed by atoms with van der Waals surface area (Å²) in [6, 6.07) is 0.666. The van der Waals surface area contributed by atoms with Crippen LogP contribution in [0.2, 0.25) is 5.02 Å². The van der Waals surface area contributed by atoms with Crippen LogP contribution in [0.3, 0.4) is 0 Å². The van der Waals surface area contributed by atoms with Crippen molar-refractivity contribution in [3.05, 3.63) is 34.1 Å². The maximum absolute atomic E-state index is 13.5. The highest BCUT2D eigenvalue weighted by molar-refractivity contribution is 6.30. The third-order valence-electron chi connectivity index (χ3n) is 2.82. The quantitative estimate of drug-likeness (QED) is 0.795. The molecule has 1 N–H and O–H groups in total. The summed E-state index contributed by atoms with van der Waals surface area (Å²) in [5.41, 5.74) is -0.260. The van der Waals surface area contributed by atoms with E-state index in [1.807, 2.05) is 0 Å². The van der Waals surface area contributed by atoms with Crippen LogP contribution < -0.4 is 5.32 Å². The SMILES string of the molecule is Fc1cc(Cl)c(F)c(CC2CCCN2)c1F. The van der Waals surface area contributed by atoms with Crippen LogP contribution in [0.4, 0.5) is 13.2 Å². The van der Waals surface area contributed by atoms with Gasteiger partial charge < -0.3 is 5.32 Å². The Kier molecular flexibility index (Phi) is 3.40. The van der Waals surface area contributed by atoms with Crippen LogP contribution in [-0.4, -0.2) is 12.6 Å². The Balaban J connectivity index is 2.31. The molecule has 0 radical (unpaired) electrons. The summed E-state index contributed by atoms with van der Waals surface area (Å²) < 4.78 is 40.0. The van der Waals surface area contributed by atoms with Crippen LogP contribution in [0.15, 0.2) is 6.07 Å². The fraction of sp³-hybridized carbons (Fsp3) is 0.455. The zero-order valence-corrected chi connectivity index (χ0v) is 9.25. The first kappa shape index (κ1) is 11.7. The molecule has 1 aliphatic rings. The van der Waals surface area contributed by atoms with Gasteiger partial charge in [-0.1, -0.05) is 11.6 Å². The second kappa shape index (κ2) is 4.63. The molecule has 2 rings (SSSR count). The Bertz CT molecular complexity index is 376. The number of rotatable bonds is 2. The van der Waals surface area contributed by atoms with Crippen LogP contribution >= 0.6 is 11.6 Å². The highest BCUT2D eigenvalue weighted by Crippen LogP contribution is 2.26. The molecule has 1 atom stereocenters. The molecule has 1 heterocycles. The lowest BCUT2D eigenvalue weighted by atomic mass is 10.0. The number of hydrogen-bond donors (Lipinski definition) is 1. The number of halogens is 4. The molecule has 0 spiro atoms. The monoisotopic (exact) mass is 249 g/mol. The van der Waals surface area contributed by atoms with E-state index in [-0.39, 0.29) is 23.0 Å². The minimum absolute atomic E-state index is 0.00173. The summed E-state index contributed by atoms with van der Waals surface area (Å²) in [7, 11) is 0. The van der Waals surface area contributed by atoms with E-state index in [0.717, 1.165) is 19.4 Å². The molecule has 5 heteroatoms. The second-order valence-corrected chi connectivity index (χ2v) is 4.35. The maximum Gasteiger partial charge on any atom is 0.165 e. The predicted octanol–water partition coefficient (Wildman–Crippen LogP) is 3.05. The lowest BCUT2D eigenvalue weighted by Crippen LogP contribution is -2.25. The molecule has 88 valence electrons. The van der Waals surface area contributed by atoms with Gasteiger partial charge in [0.15, 0.2) is 11.6 Å².